The molecule has 2 heterocycles. The summed E-state index contributed by atoms with van der Waals surface area (Å²) in [6, 6.07) is 4.57. The van der Waals surface area contributed by atoms with E-state index in [1.807, 2.05) is 0 Å². The van der Waals surface area contributed by atoms with Gasteiger partial charge in [-0.25, -0.2) is 13.6 Å². The van der Waals surface area contributed by atoms with Crippen LogP contribution in [0.2, 0.25) is 0 Å². The molecule has 10 heteroatoms. The summed E-state index contributed by atoms with van der Waals surface area (Å²) in [5, 5.41) is 18.0. The van der Waals surface area contributed by atoms with Crippen molar-refractivity contribution >= 4 is 34.0 Å². The van der Waals surface area contributed by atoms with Crippen molar-refractivity contribution in [3.8, 4) is 0 Å². The Morgan fingerprint density at radius 3 is 2.83 bits per heavy atom. The number of primary sulfonamides is 1. The number of nitrogens with two attached hydrogens (primary N) is 1. The monoisotopic (exact) mass is 371 g/mol. The van der Waals surface area contributed by atoms with E-state index in [4.69, 9.17) is 5.14 Å². The molecule has 0 saturated heterocycles. The topological polar surface area (TPSA) is 130 Å². The maximum Gasteiger partial charge on any atom is 0.276 e. The first-order valence-electron chi connectivity index (χ1n) is 7.08. The molecule has 8 nitrogen and oxygen atoms in total. The van der Waals surface area contributed by atoms with Crippen LogP contribution in [0, 0.1) is 6.92 Å². The van der Waals surface area contributed by atoms with Gasteiger partial charge in [-0.2, -0.15) is 5.10 Å². The number of aromatic nitrogens is 2. The summed E-state index contributed by atoms with van der Waals surface area (Å²) in [4.78, 5) is 12.4. The van der Waals surface area contributed by atoms with Crippen LogP contribution in [0.3, 0.4) is 0 Å². The van der Waals surface area contributed by atoms with Crippen molar-refractivity contribution < 1.29 is 13.2 Å². The van der Waals surface area contributed by atoms with E-state index in [0.29, 0.717) is 23.5 Å². The van der Waals surface area contributed by atoms with Gasteiger partial charge < -0.3 is 10.6 Å². The average molecular weight is 372 g/mol. The predicted octanol–water partition coefficient (Wildman–Crippen LogP) is 0.685. The number of anilines is 1. The summed E-state index contributed by atoms with van der Waals surface area (Å²) >= 11 is 0. The van der Waals surface area contributed by atoms with Gasteiger partial charge in [0.1, 0.15) is 0 Å². The Bertz CT molecular complexity index is 879. The fraction of sp³-hybridized carbons (Fsp3) is 0.286. The molecule has 5 N–H and O–H groups in total. The highest BCUT2D eigenvalue weighted by Gasteiger charge is 2.22. The summed E-state index contributed by atoms with van der Waals surface area (Å²) in [5.74, 6) is -0.393. The second-order valence-corrected chi connectivity index (χ2v) is 6.97. The third-order valence-electron chi connectivity index (χ3n) is 3.77. The van der Waals surface area contributed by atoms with Crippen LogP contribution in [0.25, 0.3) is 0 Å². The van der Waals surface area contributed by atoms with Crippen LogP contribution in [0.4, 0.5) is 5.69 Å². The third-order valence-corrected chi connectivity index (χ3v) is 4.83. The molecule has 0 spiro atoms. The van der Waals surface area contributed by atoms with Gasteiger partial charge in [-0.3, -0.25) is 9.89 Å². The lowest BCUT2D eigenvalue weighted by Gasteiger charge is -2.13. The van der Waals surface area contributed by atoms with Gasteiger partial charge >= 0.3 is 0 Å². The van der Waals surface area contributed by atoms with Gasteiger partial charge in [0, 0.05) is 36.5 Å². The number of nitrogens with zero attached hydrogens (tertiary/aromatic N) is 1. The molecule has 24 heavy (non-hydrogen) atoms. The molecule has 1 aromatic heterocycles. The molecule has 0 fully saturated rings. The van der Waals surface area contributed by atoms with E-state index in [-0.39, 0.29) is 17.3 Å². The lowest BCUT2D eigenvalue weighted by molar-refractivity contribution is 0.102. The number of sulfonamides is 1. The molecule has 0 unspecified atom stereocenters. The summed E-state index contributed by atoms with van der Waals surface area (Å²) in [7, 11) is -3.84. The van der Waals surface area contributed by atoms with Crippen LogP contribution < -0.4 is 15.8 Å². The number of aromatic amines is 1. The van der Waals surface area contributed by atoms with Gasteiger partial charge in [0.25, 0.3) is 5.91 Å². The van der Waals surface area contributed by atoms with Crippen molar-refractivity contribution in [2.45, 2.75) is 24.8 Å². The summed E-state index contributed by atoms with van der Waals surface area (Å²) < 4.78 is 23.1. The molecule has 0 bridgehead atoms. The number of rotatable bonds is 3. The Morgan fingerprint density at radius 2 is 2.12 bits per heavy atom. The summed E-state index contributed by atoms with van der Waals surface area (Å²) in [5.41, 5.74) is 2.97. The number of nitrogens with one attached hydrogen (secondary N) is 3. The summed E-state index contributed by atoms with van der Waals surface area (Å²) in [6.45, 7) is 3.05. The Hall–Kier alpha value is -1.94. The molecule has 2 aromatic rings. The van der Waals surface area contributed by atoms with E-state index in [0.717, 1.165) is 24.2 Å². The van der Waals surface area contributed by atoms with E-state index in [1.165, 1.54) is 6.07 Å². The van der Waals surface area contributed by atoms with Crippen LogP contribution in [0.15, 0.2) is 23.1 Å². The predicted molar refractivity (Wildman–Crippen MR) is 91.8 cm³/mol. The lowest BCUT2D eigenvalue weighted by Crippen LogP contribution is -2.25. The van der Waals surface area contributed by atoms with Crippen LogP contribution >= 0.6 is 12.4 Å². The maximum absolute atomic E-state index is 12.4. The first-order valence-corrected chi connectivity index (χ1v) is 8.62. The minimum Gasteiger partial charge on any atom is -0.321 e. The molecule has 0 saturated carbocycles. The van der Waals surface area contributed by atoms with Crippen molar-refractivity contribution in [3.63, 3.8) is 0 Å². The van der Waals surface area contributed by atoms with Crippen molar-refractivity contribution in [2.75, 3.05) is 11.9 Å². The molecule has 0 radical (unpaired) electrons. The lowest BCUT2D eigenvalue weighted by atomic mass is 10.1. The average Bonchev–Trinajstić information content (AvgIpc) is 2.92. The van der Waals surface area contributed by atoms with Crippen LogP contribution in [0.1, 0.15) is 27.3 Å². The highest BCUT2D eigenvalue weighted by Crippen LogP contribution is 2.21. The largest absolute Gasteiger partial charge is 0.321 e. The van der Waals surface area contributed by atoms with E-state index < -0.39 is 15.9 Å². The molecule has 1 amide bonds. The third kappa shape index (κ3) is 3.59. The van der Waals surface area contributed by atoms with Crippen molar-refractivity contribution in [1.82, 2.24) is 15.5 Å². The number of aryl methyl sites for hydroxylation is 1. The highest BCUT2D eigenvalue weighted by atomic mass is 35.5. The fourth-order valence-electron chi connectivity index (χ4n) is 2.59. The fourth-order valence-corrected chi connectivity index (χ4v) is 3.40. The molecular weight excluding hydrogens is 354 g/mol. The molecule has 1 aromatic carbocycles. The number of halogens is 1. The van der Waals surface area contributed by atoms with E-state index in [1.54, 1.807) is 19.1 Å². The molecule has 1 aliphatic heterocycles. The zero-order chi connectivity index (χ0) is 16.6. The molecular formula is C14H18ClN5O3S. The Morgan fingerprint density at radius 1 is 1.38 bits per heavy atom. The Labute approximate surface area is 145 Å². The number of H-pyrrole nitrogens is 1. The van der Waals surface area contributed by atoms with Crippen LogP contribution in [-0.2, 0) is 23.0 Å². The van der Waals surface area contributed by atoms with E-state index >= 15 is 0 Å². The van der Waals surface area contributed by atoms with Gasteiger partial charge in [0.15, 0.2) is 5.69 Å². The summed E-state index contributed by atoms with van der Waals surface area (Å²) in [6.07, 6.45) is 0.787. The van der Waals surface area contributed by atoms with Crippen molar-refractivity contribution in [3.05, 3.63) is 40.7 Å². The SMILES string of the molecule is Cc1ccc(NC(=O)c2n[nH]c3c2CNCC3)cc1S(N)(=O)=O.Cl. The normalized spacial score (nSPS) is 13.8. The van der Waals surface area contributed by atoms with Crippen molar-refractivity contribution in [2.24, 2.45) is 5.14 Å². The number of benzene rings is 1. The number of carbonyl (C=O) groups is 1. The highest BCUT2D eigenvalue weighted by molar-refractivity contribution is 7.89. The van der Waals surface area contributed by atoms with Gasteiger partial charge in [0.05, 0.1) is 4.90 Å². The zero-order valence-electron chi connectivity index (χ0n) is 12.9. The molecule has 130 valence electrons. The van der Waals surface area contributed by atoms with Gasteiger partial charge in [-0.05, 0) is 24.6 Å². The number of hydrogen-bond donors (Lipinski definition) is 4. The maximum atomic E-state index is 12.4. The van der Waals surface area contributed by atoms with E-state index in [9.17, 15) is 13.2 Å². The minimum absolute atomic E-state index is 0. The second-order valence-electron chi connectivity index (χ2n) is 5.44. The zero-order valence-corrected chi connectivity index (χ0v) is 14.6. The Balaban J connectivity index is 0.00000208. The first-order chi connectivity index (χ1) is 10.9. The number of hydrogen-bond acceptors (Lipinski definition) is 5. The number of fused-ring (bicyclic) bond motifs is 1. The molecule has 0 aliphatic carbocycles. The van der Waals surface area contributed by atoms with E-state index in [2.05, 4.69) is 20.8 Å². The number of amides is 1. The first kappa shape index (κ1) is 18.4. The number of carbonyl (C=O) groups excluding carboxylic acids is 1. The Kier molecular flexibility index (Phi) is 5.29. The minimum atomic E-state index is -3.84. The van der Waals surface area contributed by atoms with Gasteiger partial charge in [0.2, 0.25) is 10.0 Å². The van der Waals surface area contributed by atoms with Crippen LogP contribution in [0.5, 0.6) is 0 Å². The van der Waals surface area contributed by atoms with Gasteiger partial charge in [-0.1, -0.05) is 6.07 Å². The smallest absolute Gasteiger partial charge is 0.276 e. The molecule has 1 aliphatic rings. The van der Waals surface area contributed by atoms with Crippen molar-refractivity contribution in [1.29, 1.82) is 0 Å². The standard InChI is InChI=1S/C14H17N5O3S.ClH/c1-8-2-3-9(6-12(8)23(15,21)22)17-14(20)13-10-7-16-5-4-11(10)18-19-13;/h2-3,6,16H,4-5,7H2,1H3,(H,17,20)(H,18,19)(H2,15,21,22);1H. The quantitative estimate of drug-likeness (QED) is 0.630. The molecule has 0 atom stereocenters. The second kappa shape index (κ2) is 6.89. The van der Waals surface area contributed by atoms with Gasteiger partial charge in [-0.15, -0.1) is 12.4 Å². The van der Waals surface area contributed by atoms with Crippen LogP contribution in [-0.4, -0.2) is 31.1 Å². The molecule has 3 rings (SSSR count).